The van der Waals surface area contributed by atoms with Crippen molar-refractivity contribution in [1.29, 1.82) is 0 Å². The molecule has 0 saturated carbocycles. The molecular formula is C23H32N4O3. The highest BCUT2D eigenvalue weighted by atomic mass is 16.2. The summed E-state index contributed by atoms with van der Waals surface area (Å²) < 4.78 is 0. The zero-order valence-electron chi connectivity index (χ0n) is 18.0. The van der Waals surface area contributed by atoms with E-state index >= 15 is 0 Å². The Morgan fingerprint density at radius 1 is 1.20 bits per heavy atom. The van der Waals surface area contributed by atoms with Gasteiger partial charge in [0.1, 0.15) is 6.04 Å². The third-order valence-corrected chi connectivity index (χ3v) is 6.82. The molecule has 7 heteroatoms. The van der Waals surface area contributed by atoms with E-state index in [4.69, 9.17) is 0 Å². The predicted octanol–water partition coefficient (Wildman–Crippen LogP) is 1.28. The molecular weight excluding hydrogens is 380 g/mol. The van der Waals surface area contributed by atoms with Crippen molar-refractivity contribution in [2.45, 2.75) is 76.8 Å². The first-order chi connectivity index (χ1) is 14.4. The van der Waals surface area contributed by atoms with Gasteiger partial charge in [-0.3, -0.25) is 19.3 Å². The van der Waals surface area contributed by atoms with E-state index in [0.29, 0.717) is 6.54 Å². The number of rotatable bonds is 7. The SMILES string of the molecule is CC(C)[C@@H](CC(=O)NCc1ccccc1)NC(=O)[C@@H]1[C@@H]2[C@H](C)N2C(=O)[C@@H]2CCCN12. The molecule has 3 amide bonds. The van der Waals surface area contributed by atoms with E-state index < -0.39 is 0 Å². The Labute approximate surface area is 178 Å². The highest BCUT2D eigenvalue weighted by Crippen LogP contribution is 2.42. The van der Waals surface area contributed by atoms with E-state index in [0.717, 1.165) is 24.9 Å². The van der Waals surface area contributed by atoms with Gasteiger partial charge in [0, 0.05) is 19.0 Å². The number of fused-ring (bicyclic) bond motifs is 2. The minimum atomic E-state index is -0.307. The van der Waals surface area contributed by atoms with Crippen molar-refractivity contribution in [3.63, 3.8) is 0 Å². The number of carbonyl (C=O) groups excluding carboxylic acids is 3. The first-order valence-electron chi connectivity index (χ1n) is 11.1. The molecule has 2 N–H and O–H groups in total. The molecule has 5 atom stereocenters. The van der Waals surface area contributed by atoms with E-state index in [9.17, 15) is 14.4 Å². The fraction of sp³-hybridized carbons (Fsp3) is 0.609. The third-order valence-electron chi connectivity index (χ3n) is 6.82. The van der Waals surface area contributed by atoms with Crippen molar-refractivity contribution in [3.05, 3.63) is 35.9 Å². The number of nitrogens with one attached hydrogen (secondary N) is 2. The molecule has 0 spiro atoms. The lowest BCUT2D eigenvalue weighted by atomic mass is 9.98. The van der Waals surface area contributed by atoms with Gasteiger partial charge in [-0.15, -0.1) is 0 Å². The normalized spacial score (nSPS) is 28.7. The fourth-order valence-corrected chi connectivity index (χ4v) is 4.99. The van der Waals surface area contributed by atoms with Crippen LogP contribution in [-0.2, 0) is 20.9 Å². The predicted molar refractivity (Wildman–Crippen MR) is 113 cm³/mol. The highest BCUT2D eigenvalue weighted by Gasteiger charge is 2.63. The summed E-state index contributed by atoms with van der Waals surface area (Å²) in [5.74, 6) is 0.180. The molecule has 3 aliphatic rings. The second-order valence-electron chi connectivity index (χ2n) is 9.14. The van der Waals surface area contributed by atoms with Crippen LogP contribution in [-0.4, -0.2) is 64.3 Å². The van der Waals surface area contributed by atoms with Crippen molar-refractivity contribution in [2.24, 2.45) is 5.92 Å². The van der Waals surface area contributed by atoms with Gasteiger partial charge >= 0.3 is 0 Å². The average Bonchev–Trinajstić information content (AvgIpc) is 3.14. The Bertz CT molecular complexity index is 812. The number of nitrogens with zero attached hydrogens (tertiary/aromatic N) is 2. The summed E-state index contributed by atoms with van der Waals surface area (Å²) in [7, 11) is 0. The second kappa shape index (κ2) is 8.38. The van der Waals surface area contributed by atoms with E-state index in [1.807, 2.05) is 56.0 Å². The smallest absolute Gasteiger partial charge is 0.240 e. The second-order valence-corrected chi connectivity index (χ2v) is 9.14. The number of carbonyl (C=O) groups is 3. The van der Waals surface area contributed by atoms with Crippen LogP contribution in [0.3, 0.4) is 0 Å². The summed E-state index contributed by atoms with van der Waals surface area (Å²) in [6.45, 7) is 7.32. The molecule has 1 aromatic rings. The van der Waals surface area contributed by atoms with E-state index in [1.165, 1.54) is 0 Å². The standard InChI is InChI=1S/C23H32N4O3/c1-14(2)17(12-19(28)24-13-16-8-5-4-6-9-16)25-22(29)21-20-15(3)27(20)23(30)18-10-7-11-26(18)21/h4-6,8-9,14-15,17-18,20-21H,7,10-13H2,1-3H3,(H,24,28)(H,25,29)/t15-,17+,18-,20-,21-,27?/m0/s1. The molecule has 30 heavy (non-hydrogen) atoms. The molecule has 0 aliphatic carbocycles. The van der Waals surface area contributed by atoms with Crippen molar-refractivity contribution in [2.75, 3.05) is 6.54 Å². The minimum absolute atomic E-state index is 0.0356. The van der Waals surface area contributed by atoms with Gasteiger partial charge in [-0.25, -0.2) is 0 Å². The summed E-state index contributed by atoms with van der Waals surface area (Å²) in [6, 6.07) is 9.16. The lowest BCUT2D eigenvalue weighted by Crippen LogP contribution is -2.60. The molecule has 3 saturated heterocycles. The van der Waals surface area contributed by atoms with Gasteiger partial charge in [0.15, 0.2) is 0 Å². The Kier molecular flexibility index (Phi) is 5.82. The van der Waals surface area contributed by atoms with Gasteiger partial charge in [0.25, 0.3) is 0 Å². The van der Waals surface area contributed by atoms with Crippen LogP contribution in [0.2, 0.25) is 0 Å². The Morgan fingerprint density at radius 3 is 2.63 bits per heavy atom. The summed E-state index contributed by atoms with van der Waals surface area (Å²) in [6.07, 6.45) is 2.02. The van der Waals surface area contributed by atoms with Gasteiger partial charge in [0.2, 0.25) is 17.7 Å². The van der Waals surface area contributed by atoms with E-state index in [2.05, 4.69) is 15.5 Å². The van der Waals surface area contributed by atoms with Crippen LogP contribution in [0.25, 0.3) is 0 Å². The zero-order chi connectivity index (χ0) is 21.4. The van der Waals surface area contributed by atoms with Crippen LogP contribution in [0.15, 0.2) is 30.3 Å². The van der Waals surface area contributed by atoms with Crippen LogP contribution >= 0.6 is 0 Å². The van der Waals surface area contributed by atoms with Gasteiger partial charge in [0.05, 0.1) is 18.1 Å². The van der Waals surface area contributed by atoms with Crippen molar-refractivity contribution in [1.82, 2.24) is 20.4 Å². The summed E-state index contributed by atoms with van der Waals surface area (Å²) >= 11 is 0. The lowest BCUT2D eigenvalue weighted by Gasteiger charge is -2.36. The minimum Gasteiger partial charge on any atom is -0.352 e. The fourth-order valence-electron chi connectivity index (χ4n) is 4.99. The molecule has 4 rings (SSSR count). The molecule has 3 fully saturated rings. The van der Waals surface area contributed by atoms with Gasteiger partial charge in [-0.1, -0.05) is 44.2 Å². The molecule has 7 nitrogen and oxygen atoms in total. The summed E-state index contributed by atoms with van der Waals surface area (Å²) in [5, 5.41) is 6.09. The maximum Gasteiger partial charge on any atom is 0.240 e. The number of amides is 3. The molecule has 0 unspecified atom stereocenters. The first-order valence-corrected chi connectivity index (χ1v) is 11.1. The van der Waals surface area contributed by atoms with Gasteiger partial charge in [-0.05, 0) is 37.8 Å². The van der Waals surface area contributed by atoms with Crippen LogP contribution < -0.4 is 10.6 Å². The topological polar surface area (TPSA) is 81.5 Å². The van der Waals surface area contributed by atoms with Crippen molar-refractivity contribution >= 4 is 17.7 Å². The van der Waals surface area contributed by atoms with Crippen LogP contribution in [0.4, 0.5) is 0 Å². The Balaban J connectivity index is 1.37. The van der Waals surface area contributed by atoms with Gasteiger partial charge in [-0.2, -0.15) is 0 Å². The number of hydrogen-bond donors (Lipinski definition) is 2. The quantitative estimate of drug-likeness (QED) is 0.661. The molecule has 162 valence electrons. The zero-order valence-corrected chi connectivity index (χ0v) is 18.0. The van der Waals surface area contributed by atoms with Crippen molar-refractivity contribution < 1.29 is 14.4 Å². The largest absolute Gasteiger partial charge is 0.352 e. The number of benzene rings is 1. The average molecular weight is 413 g/mol. The third kappa shape index (κ3) is 3.95. The van der Waals surface area contributed by atoms with Crippen LogP contribution in [0.5, 0.6) is 0 Å². The molecule has 1 aromatic carbocycles. The molecule has 3 aliphatic heterocycles. The number of hydrogen-bond acceptors (Lipinski definition) is 4. The first kappa shape index (κ1) is 20.8. The molecule has 3 heterocycles. The van der Waals surface area contributed by atoms with Crippen LogP contribution in [0.1, 0.15) is 45.6 Å². The molecule has 0 radical (unpaired) electrons. The maximum atomic E-state index is 13.3. The Hall–Kier alpha value is -2.41. The van der Waals surface area contributed by atoms with Crippen molar-refractivity contribution in [3.8, 4) is 0 Å². The lowest BCUT2D eigenvalue weighted by molar-refractivity contribution is -0.140. The summed E-state index contributed by atoms with van der Waals surface area (Å²) in [5.41, 5.74) is 1.05. The summed E-state index contributed by atoms with van der Waals surface area (Å²) in [4.78, 5) is 42.3. The van der Waals surface area contributed by atoms with Gasteiger partial charge < -0.3 is 15.5 Å². The maximum absolute atomic E-state index is 13.3. The highest BCUT2D eigenvalue weighted by molar-refractivity contribution is 5.93. The molecule has 0 aromatic heterocycles. The van der Waals surface area contributed by atoms with Crippen LogP contribution in [0, 0.1) is 5.92 Å². The Morgan fingerprint density at radius 2 is 1.93 bits per heavy atom. The number of piperazine rings is 1. The van der Waals surface area contributed by atoms with E-state index in [-0.39, 0.29) is 60.3 Å². The molecule has 0 bridgehead atoms. The van der Waals surface area contributed by atoms with E-state index in [1.54, 1.807) is 0 Å². The monoisotopic (exact) mass is 412 g/mol.